The number of hydrogen-bond acceptors (Lipinski definition) is 5. The fourth-order valence-corrected chi connectivity index (χ4v) is 6.99. The molecule has 0 spiro atoms. The van der Waals surface area contributed by atoms with E-state index in [4.69, 9.17) is 4.74 Å². The maximum atomic E-state index is 13.5. The van der Waals surface area contributed by atoms with E-state index >= 15 is 0 Å². The number of amides is 1. The second-order valence-electron chi connectivity index (χ2n) is 12.2. The van der Waals surface area contributed by atoms with Crippen LogP contribution in [-0.4, -0.2) is 70.6 Å². The fraction of sp³-hybridized carbons (Fsp3) is 0.429. The van der Waals surface area contributed by atoms with Gasteiger partial charge in [0.2, 0.25) is 0 Å². The molecule has 1 saturated carbocycles. The lowest BCUT2D eigenvalue weighted by Gasteiger charge is -2.48. The standard InChI is InChI=1S/C35H41N5O2/c41-35(39-24-31(25-39)37-17-19-38(20-18-37)34-13-7-8-16-36-34)28-14-15-33-29(21-28)22-30(26-42-32-11-5-2-6-12-32)40(33)23-27-9-3-1-4-10-27/h2,5-8,11-16,21-22,27,31H,1,3-4,9-10,17-20,23-26H2. The Kier molecular flexibility index (Phi) is 7.84. The van der Waals surface area contributed by atoms with Gasteiger partial charge in [-0.1, -0.05) is 43.5 Å². The molecule has 4 aromatic rings. The molecule has 1 aliphatic carbocycles. The van der Waals surface area contributed by atoms with Gasteiger partial charge in [0.05, 0.1) is 5.69 Å². The summed E-state index contributed by atoms with van der Waals surface area (Å²) in [7, 11) is 0. The summed E-state index contributed by atoms with van der Waals surface area (Å²) in [6, 6.07) is 25.1. The van der Waals surface area contributed by atoms with E-state index in [1.165, 1.54) is 43.3 Å². The number of pyridine rings is 1. The molecule has 3 fully saturated rings. The molecule has 0 bridgehead atoms. The number of anilines is 1. The Labute approximate surface area is 248 Å². The molecule has 4 heterocycles. The van der Waals surface area contributed by atoms with Crippen LogP contribution in [0.2, 0.25) is 0 Å². The summed E-state index contributed by atoms with van der Waals surface area (Å²) in [6.45, 7) is 7.13. The zero-order valence-electron chi connectivity index (χ0n) is 24.4. The first-order valence-corrected chi connectivity index (χ1v) is 15.7. The van der Waals surface area contributed by atoms with Crippen molar-refractivity contribution in [1.29, 1.82) is 0 Å². The van der Waals surface area contributed by atoms with E-state index in [1.807, 2.05) is 59.6 Å². The first kappa shape index (κ1) is 27.0. The van der Waals surface area contributed by atoms with E-state index in [-0.39, 0.29) is 5.91 Å². The molecular weight excluding hydrogens is 522 g/mol. The second kappa shape index (κ2) is 12.2. The lowest BCUT2D eigenvalue weighted by atomic mass is 9.89. The van der Waals surface area contributed by atoms with Crippen molar-refractivity contribution in [2.24, 2.45) is 5.92 Å². The number of ether oxygens (including phenoxy) is 1. The van der Waals surface area contributed by atoms with Gasteiger partial charge in [0, 0.05) is 74.5 Å². The molecule has 0 atom stereocenters. The van der Waals surface area contributed by atoms with Crippen LogP contribution in [0.4, 0.5) is 5.82 Å². The van der Waals surface area contributed by atoms with Gasteiger partial charge in [0.25, 0.3) is 5.91 Å². The molecule has 7 rings (SSSR count). The lowest BCUT2D eigenvalue weighted by Crippen LogP contribution is -2.64. The van der Waals surface area contributed by atoms with E-state index in [9.17, 15) is 4.79 Å². The van der Waals surface area contributed by atoms with Crippen molar-refractivity contribution in [3.63, 3.8) is 0 Å². The van der Waals surface area contributed by atoms with Crippen molar-refractivity contribution >= 4 is 22.6 Å². The Bertz CT molecular complexity index is 1480. The van der Waals surface area contributed by atoms with Gasteiger partial charge in [-0.15, -0.1) is 0 Å². The largest absolute Gasteiger partial charge is 0.487 e. The minimum atomic E-state index is 0.141. The predicted molar refractivity (Wildman–Crippen MR) is 167 cm³/mol. The number of carbonyl (C=O) groups is 1. The van der Waals surface area contributed by atoms with E-state index in [2.05, 4.69) is 43.6 Å². The molecule has 2 saturated heterocycles. The second-order valence-corrected chi connectivity index (χ2v) is 12.2. The molecule has 0 unspecified atom stereocenters. The Hall–Kier alpha value is -3.84. The van der Waals surface area contributed by atoms with Crippen LogP contribution in [0.3, 0.4) is 0 Å². The van der Waals surface area contributed by atoms with Gasteiger partial charge in [-0.2, -0.15) is 0 Å². The normalized spacial score (nSPS) is 18.8. The highest BCUT2D eigenvalue weighted by Crippen LogP contribution is 2.30. The number of nitrogens with zero attached hydrogens (tertiary/aromatic N) is 5. The van der Waals surface area contributed by atoms with Crippen LogP contribution in [0.15, 0.2) is 79.0 Å². The van der Waals surface area contributed by atoms with Gasteiger partial charge < -0.3 is 19.1 Å². The molecule has 7 heteroatoms. The highest BCUT2D eigenvalue weighted by Gasteiger charge is 2.36. The molecule has 1 amide bonds. The van der Waals surface area contributed by atoms with Gasteiger partial charge in [0.1, 0.15) is 18.2 Å². The summed E-state index contributed by atoms with van der Waals surface area (Å²) in [5.41, 5.74) is 3.17. The quantitative estimate of drug-likeness (QED) is 0.270. The zero-order chi connectivity index (χ0) is 28.3. The Morgan fingerprint density at radius 1 is 0.857 bits per heavy atom. The SMILES string of the molecule is O=C(c1ccc2c(c1)cc(COc1ccccc1)n2CC1CCCCC1)N1CC(N2CCN(c3ccccn3)CC2)C1. The molecule has 2 aliphatic heterocycles. The van der Waals surface area contributed by atoms with Crippen LogP contribution < -0.4 is 9.64 Å². The molecule has 7 nitrogen and oxygen atoms in total. The number of carbonyl (C=O) groups excluding carboxylic acids is 1. The third-order valence-corrected chi connectivity index (χ3v) is 9.48. The van der Waals surface area contributed by atoms with Gasteiger partial charge in [-0.3, -0.25) is 9.69 Å². The van der Waals surface area contributed by atoms with Gasteiger partial charge in [0.15, 0.2) is 0 Å². The topological polar surface area (TPSA) is 53.8 Å². The maximum absolute atomic E-state index is 13.5. The van der Waals surface area contributed by atoms with Gasteiger partial charge in [-0.25, -0.2) is 4.98 Å². The number of aromatic nitrogens is 2. The van der Waals surface area contributed by atoms with E-state index in [0.717, 1.165) is 68.3 Å². The van der Waals surface area contributed by atoms with Crippen molar-refractivity contribution in [3.8, 4) is 5.75 Å². The number of benzene rings is 2. The van der Waals surface area contributed by atoms with E-state index < -0.39 is 0 Å². The maximum Gasteiger partial charge on any atom is 0.253 e. The lowest BCUT2D eigenvalue weighted by molar-refractivity contribution is 0.0246. The molecule has 218 valence electrons. The molecule has 42 heavy (non-hydrogen) atoms. The van der Waals surface area contributed by atoms with Crippen LogP contribution in [-0.2, 0) is 13.2 Å². The number of para-hydroxylation sites is 1. The van der Waals surface area contributed by atoms with E-state index in [0.29, 0.717) is 18.6 Å². The third-order valence-electron chi connectivity index (χ3n) is 9.48. The Morgan fingerprint density at radius 3 is 2.40 bits per heavy atom. The molecule has 0 N–H and O–H groups in total. The smallest absolute Gasteiger partial charge is 0.253 e. The fourth-order valence-electron chi connectivity index (χ4n) is 6.99. The van der Waals surface area contributed by atoms with Crippen LogP contribution >= 0.6 is 0 Å². The molecule has 3 aliphatic rings. The van der Waals surface area contributed by atoms with E-state index in [1.54, 1.807) is 0 Å². The average molecular weight is 564 g/mol. The van der Waals surface area contributed by atoms with Gasteiger partial charge >= 0.3 is 0 Å². The zero-order valence-corrected chi connectivity index (χ0v) is 24.4. The number of piperazine rings is 1. The Morgan fingerprint density at radius 2 is 1.64 bits per heavy atom. The molecular formula is C35H41N5O2. The first-order valence-electron chi connectivity index (χ1n) is 15.7. The highest BCUT2D eigenvalue weighted by atomic mass is 16.5. The summed E-state index contributed by atoms with van der Waals surface area (Å²) < 4.78 is 8.64. The monoisotopic (exact) mass is 563 g/mol. The molecule has 0 radical (unpaired) electrons. The minimum absolute atomic E-state index is 0.141. The van der Waals surface area contributed by atoms with Crippen LogP contribution in [0, 0.1) is 5.92 Å². The Balaban J connectivity index is 1.01. The van der Waals surface area contributed by atoms with Crippen molar-refractivity contribution in [2.75, 3.05) is 44.2 Å². The van der Waals surface area contributed by atoms with Crippen LogP contribution in [0.5, 0.6) is 5.75 Å². The summed E-state index contributed by atoms with van der Waals surface area (Å²) in [5, 5.41) is 1.13. The molecule has 2 aromatic carbocycles. The highest BCUT2D eigenvalue weighted by molar-refractivity contribution is 5.98. The van der Waals surface area contributed by atoms with Crippen molar-refractivity contribution in [1.82, 2.24) is 19.4 Å². The third kappa shape index (κ3) is 5.75. The van der Waals surface area contributed by atoms with Crippen molar-refractivity contribution in [2.45, 2.75) is 51.3 Å². The summed E-state index contributed by atoms with van der Waals surface area (Å²) in [6.07, 6.45) is 8.47. The van der Waals surface area contributed by atoms with Crippen LogP contribution in [0.25, 0.3) is 10.9 Å². The number of likely N-dealkylation sites (tertiary alicyclic amines) is 1. The minimum Gasteiger partial charge on any atom is -0.487 e. The predicted octanol–water partition coefficient (Wildman–Crippen LogP) is 5.84. The summed E-state index contributed by atoms with van der Waals surface area (Å²) >= 11 is 0. The molecule has 2 aromatic heterocycles. The summed E-state index contributed by atoms with van der Waals surface area (Å²) in [5.74, 6) is 2.78. The number of rotatable bonds is 8. The number of hydrogen-bond donors (Lipinski definition) is 0. The first-order chi connectivity index (χ1) is 20.7. The number of fused-ring (bicyclic) bond motifs is 1. The average Bonchev–Trinajstić information content (AvgIpc) is 3.37. The van der Waals surface area contributed by atoms with Crippen LogP contribution in [0.1, 0.15) is 48.2 Å². The van der Waals surface area contributed by atoms with Gasteiger partial charge in [-0.05, 0) is 67.3 Å². The van der Waals surface area contributed by atoms with Crippen molar-refractivity contribution in [3.05, 3.63) is 90.3 Å². The summed E-state index contributed by atoms with van der Waals surface area (Å²) in [4.78, 5) is 24.9. The van der Waals surface area contributed by atoms with Crippen molar-refractivity contribution < 1.29 is 9.53 Å².